The fraction of sp³-hybridized carbons (Fsp3) is 0.533. The van der Waals surface area contributed by atoms with Gasteiger partial charge in [0.05, 0.1) is 18.8 Å². The van der Waals surface area contributed by atoms with E-state index >= 15 is 0 Å². The van der Waals surface area contributed by atoms with Crippen molar-refractivity contribution < 1.29 is 19.1 Å². The van der Waals surface area contributed by atoms with E-state index in [4.69, 9.17) is 9.47 Å². The van der Waals surface area contributed by atoms with E-state index in [0.717, 1.165) is 0 Å². The van der Waals surface area contributed by atoms with Gasteiger partial charge in [0.15, 0.2) is 5.69 Å². The molecule has 5 nitrogen and oxygen atoms in total. The van der Waals surface area contributed by atoms with E-state index in [1.54, 1.807) is 6.07 Å². The van der Waals surface area contributed by atoms with Crippen LogP contribution in [0, 0.1) is 11.8 Å². The summed E-state index contributed by atoms with van der Waals surface area (Å²) in [7, 11) is 0. The van der Waals surface area contributed by atoms with Crippen molar-refractivity contribution in [2.45, 2.75) is 27.7 Å². The number of carbonyl (C=O) groups excluding carboxylic acids is 2. The van der Waals surface area contributed by atoms with Crippen LogP contribution in [0.1, 0.15) is 48.5 Å². The Hall–Kier alpha value is -1.91. The number of rotatable bonds is 6. The number of aromatic nitrogens is 1. The Morgan fingerprint density at radius 2 is 1.60 bits per heavy atom. The molecule has 0 bridgehead atoms. The van der Waals surface area contributed by atoms with Crippen molar-refractivity contribution in [1.29, 1.82) is 0 Å². The highest BCUT2D eigenvalue weighted by Gasteiger charge is 2.21. The van der Waals surface area contributed by atoms with Crippen LogP contribution < -0.4 is 0 Å². The SMILES string of the molecule is CC(C)COC(=O)c1cccnc1C(=O)OCC(C)C. The maximum absolute atomic E-state index is 11.9. The van der Waals surface area contributed by atoms with Gasteiger partial charge in [0.25, 0.3) is 0 Å². The van der Waals surface area contributed by atoms with E-state index in [1.165, 1.54) is 12.3 Å². The van der Waals surface area contributed by atoms with E-state index < -0.39 is 11.9 Å². The summed E-state index contributed by atoms with van der Waals surface area (Å²) in [6.45, 7) is 8.33. The molecule has 0 aliphatic heterocycles. The summed E-state index contributed by atoms with van der Waals surface area (Å²) in [6, 6.07) is 3.10. The van der Waals surface area contributed by atoms with Crippen LogP contribution in [0.25, 0.3) is 0 Å². The van der Waals surface area contributed by atoms with Crippen LogP contribution >= 0.6 is 0 Å². The lowest BCUT2D eigenvalue weighted by molar-refractivity contribution is 0.0407. The van der Waals surface area contributed by atoms with Gasteiger partial charge in [-0.25, -0.2) is 14.6 Å². The number of pyridine rings is 1. The van der Waals surface area contributed by atoms with Crippen molar-refractivity contribution in [3.8, 4) is 0 Å². The number of nitrogens with zero attached hydrogens (tertiary/aromatic N) is 1. The third-order valence-electron chi connectivity index (χ3n) is 2.32. The predicted octanol–water partition coefficient (Wildman–Crippen LogP) is 2.71. The largest absolute Gasteiger partial charge is 0.462 e. The lowest BCUT2D eigenvalue weighted by Crippen LogP contribution is -2.18. The van der Waals surface area contributed by atoms with Gasteiger partial charge in [-0.2, -0.15) is 0 Å². The van der Waals surface area contributed by atoms with Crippen molar-refractivity contribution in [2.75, 3.05) is 13.2 Å². The van der Waals surface area contributed by atoms with Crippen LogP contribution in [0.2, 0.25) is 0 Å². The summed E-state index contributed by atoms with van der Waals surface area (Å²) in [5.41, 5.74) is 0.142. The first-order valence-electron chi connectivity index (χ1n) is 6.71. The van der Waals surface area contributed by atoms with Gasteiger partial charge in [-0.3, -0.25) is 0 Å². The Balaban J connectivity index is 2.82. The van der Waals surface area contributed by atoms with Crippen LogP contribution in [0.15, 0.2) is 18.3 Å². The monoisotopic (exact) mass is 279 g/mol. The molecular formula is C15H21NO4. The lowest BCUT2D eigenvalue weighted by Gasteiger charge is -2.11. The highest BCUT2D eigenvalue weighted by molar-refractivity contribution is 6.01. The van der Waals surface area contributed by atoms with Gasteiger partial charge in [0.2, 0.25) is 0 Å². The molecule has 1 aromatic heterocycles. The molecule has 0 saturated carbocycles. The van der Waals surface area contributed by atoms with E-state index in [0.29, 0.717) is 6.61 Å². The molecule has 0 radical (unpaired) electrons. The van der Waals surface area contributed by atoms with Gasteiger partial charge in [-0.15, -0.1) is 0 Å². The molecular weight excluding hydrogens is 258 g/mol. The van der Waals surface area contributed by atoms with Gasteiger partial charge in [0.1, 0.15) is 0 Å². The second-order valence-electron chi connectivity index (χ2n) is 5.38. The van der Waals surface area contributed by atoms with Gasteiger partial charge in [-0.1, -0.05) is 27.7 Å². The molecule has 1 heterocycles. The Kier molecular flexibility index (Phi) is 6.15. The third kappa shape index (κ3) is 4.99. The normalized spacial score (nSPS) is 10.7. The first-order valence-corrected chi connectivity index (χ1v) is 6.71. The zero-order valence-corrected chi connectivity index (χ0v) is 12.4. The van der Waals surface area contributed by atoms with Gasteiger partial charge in [0, 0.05) is 6.20 Å². The summed E-state index contributed by atoms with van der Waals surface area (Å²) < 4.78 is 10.2. The van der Waals surface area contributed by atoms with E-state index in [9.17, 15) is 9.59 Å². The first kappa shape index (κ1) is 16.1. The summed E-state index contributed by atoms with van der Waals surface area (Å²) in [5, 5.41) is 0. The van der Waals surface area contributed by atoms with Crippen LogP contribution in [-0.2, 0) is 9.47 Å². The Bertz CT molecular complexity index is 426. The molecule has 0 spiro atoms. The summed E-state index contributed by atoms with van der Waals surface area (Å²) >= 11 is 0. The summed E-state index contributed by atoms with van der Waals surface area (Å²) in [6.07, 6.45) is 1.45. The average molecular weight is 279 g/mol. The first-order chi connectivity index (χ1) is 9.41. The van der Waals surface area contributed by atoms with Crippen LogP contribution in [0.4, 0.5) is 0 Å². The zero-order chi connectivity index (χ0) is 15.1. The van der Waals surface area contributed by atoms with Gasteiger partial charge in [-0.05, 0) is 24.0 Å². The van der Waals surface area contributed by atoms with Gasteiger partial charge < -0.3 is 9.47 Å². The standard InChI is InChI=1S/C15H21NO4/c1-10(2)8-19-14(17)12-6-5-7-16-13(12)15(18)20-9-11(3)4/h5-7,10-11H,8-9H2,1-4H3. The number of carbonyl (C=O) groups is 2. The van der Waals surface area contributed by atoms with E-state index in [2.05, 4.69) is 4.98 Å². The number of hydrogen-bond acceptors (Lipinski definition) is 5. The number of hydrogen-bond donors (Lipinski definition) is 0. The molecule has 0 unspecified atom stereocenters. The van der Waals surface area contributed by atoms with Crippen molar-refractivity contribution >= 4 is 11.9 Å². The molecule has 0 aliphatic rings. The molecule has 5 heteroatoms. The lowest BCUT2D eigenvalue weighted by atomic mass is 10.2. The zero-order valence-electron chi connectivity index (χ0n) is 12.4. The quantitative estimate of drug-likeness (QED) is 0.749. The molecule has 0 saturated heterocycles. The van der Waals surface area contributed by atoms with E-state index in [1.807, 2.05) is 27.7 Å². The number of esters is 2. The van der Waals surface area contributed by atoms with E-state index in [-0.39, 0.29) is 29.7 Å². The van der Waals surface area contributed by atoms with Crippen LogP contribution in [0.5, 0.6) is 0 Å². The molecule has 0 amide bonds. The Morgan fingerprint density at radius 3 is 2.15 bits per heavy atom. The maximum atomic E-state index is 11.9. The Morgan fingerprint density at radius 1 is 1.05 bits per heavy atom. The minimum Gasteiger partial charge on any atom is -0.462 e. The highest BCUT2D eigenvalue weighted by atomic mass is 16.5. The molecule has 0 aliphatic carbocycles. The van der Waals surface area contributed by atoms with Crippen LogP contribution in [-0.4, -0.2) is 30.1 Å². The molecule has 0 fully saturated rings. The van der Waals surface area contributed by atoms with Crippen molar-refractivity contribution in [2.24, 2.45) is 11.8 Å². The molecule has 20 heavy (non-hydrogen) atoms. The second kappa shape index (κ2) is 7.62. The van der Waals surface area contributed by atoms with Crippen molar-refractivity contribution in [1.82, 2.24) is 4.98 Å². The summed E-state index contributed by atoms with van der Waals surface area (Å²) in [4.78, 5) is 27.8. The van der Waals surface area contributed by atoms with Crippen LogP contribution in [0.3, 0.4) is 0 Å². The number of ether oxygens (including phenoxy) is 2. The molecule has 1 rings (SSSR count). The molecule has 1 aromatic rings. The minimum absolute atomic E-state index is 0.00176. The predicted molar refractivity (Wildman–Crippen MR) is 74.5 cm³/mol. The smallest absolute Gasteiger partial charge is 0.357 e. The average Bonchev–Trinajstić information content (AvgIpc) is 2.42. The topological polar surface area (TPSA) is 65.5 Å². The fourth-order valence-corrected chi connectivity index (χ4v) is 1.36. The molecule has 0 aromatic carbocycles. The van der Waals surface area contributed by atoms with Crippen molar-refractivity contribution in [3.05, 3.63) is 29.6 Å². The minimum atomic E-state index is -0.601. The summed E-state index contributed by atoms with van der Waals surface area (Å²) in [5.74, 6) is -0.704. The van der Waals surface area contributed by atoms with Crippen molar-refractivity contribution in [3.63, 3.8) is 0 Å². The maximum Gasteiger partial charge on any atom is 0.357 e. The molecule has 110 valence electrons. The van der Waals surface area contributed by atoms with Gasteiger partial charge >= 0.3 is 11.9 Å². The second-order valence-corrected chi connectivity index (χ2v) is 5.38. The molecule has 0 atom stereocenters. The third-order valence-corrected chi connectivity index (χ3v) is 2.32. The Labute approximate surface area is 119 Å². The highest BCUT2D eigenvalue weighted by Crippen LogP contribution is 2.10. The molecule has 0 N–H and O–H groups in total. The fourth-order valence-electron chi connectivity index (χ4n) is 1.36.